The summed E-state index contributed by atoms with van der Waals surface area (Å²) < 4.78 is 7.23. The lowest BCUT2D eigenvalue weighted by Crippen LogP contribution is -2.15. The third kappa shape index (κ3) is 4.25. The molecule has 0 amide bonds. The molecule has 0 radical (unpaired) electrons. The standard InChI is InChI=1S/C20H28N2O2/c1-5-7-8-9-14-24-18-12-10-17(11-13-18)20(23)22-16(4)19(6-2)15(3)21-22/h10-13H,5-9,14H2,1-4H3. The van der Waals surface area contributed by atoms with Crippen LogP contribution in [-0.4, -0.2) is 22.3 Å². The third-order valence-electron chi connectivity index (χ3n) is 4.35. The van der Waals surface area contributed by atoms with Gasteiger partial charge in [-0.1, -0.05) is 33.1 Å². The molecular formula is C20H28N2O2. The number of hydrogen-bond donors (Lipinski definition) is 0. The fourth-order valence-electron chi connectivity index (χ4n) is 2.92. The zero-order chi connectivity index (χ0) is 17.5. The summed E-state index contributed by atoms with van der Waals surface area (Å²) in [5.41, 5.74) is 3.63. The molecular weight excluding hydrogens is 300 g/mol. The summed E-state index contributed by atoms with van der Waals surface area (Å²) in [7, 11) is 0. The number of benzene rings is 1. The average Bonchev–Trinajstić information content (AvgIpc) is 2.88. The summed E-state index contributed by atoms with van der Waals surface area (Å²) in [6.07, 6.45) is 5.63. The van der Waals surface area contributed by atoms with Crippen LogP contribution in [0.2, 0.25) is 0 Å². The normalized spacial score (nSPS) is 10.8. The van der Waals surface area contributed by atoms with E-state index in [9.17, 15) is 4.79 Å². The van der Waals surface area contributed by atoms with Gasteiger partial charge < -0.3 is 4.74 Å². The number of carbonyl (C=O) groups is 1. The largest absolute Gasteiger partial charge is 0.494 e. The molecule has 24 heavy (non-hydrogen) atoms. The zero-order valence-electron chi connectivity index (χ0n) is 15.3. The molecule has 0 aliphatic rings. The van der Waals surface area contributed by atoms with E-state index in [4.69, 9.17) is 4.74 Å². The molecule has 0 spiro atoms. The highest BCUT2D eigenvalue weighted by atomic mass is 16.5. The molecule has 130 valence electrons. The molecule has 0 aliphatic heterocycles. The molecule has 0 N–H and O–H groups in total. The Morgan fingerprint density at radius 1 is 1.08 bits per heavy atom. The van der Waals surface area contributed by atoms with Gasteiger partial charge in [0.15, 0.2) is 0 Å². The van der Waals surface area contributed by atoms with Crippen LogP contribution in [-0.2, 0) is 6.42 Å². The van der Waals surface area contributed by atoms with Crippen LogP contribution in [0.5, 0.6) is 5.75 Å². The van der Waals surface area contributed by atoms with Gasteiger partial charge in [-0.15, -0.1) is 0 Å². The van der Waals surface area contributed by atoms with Gasteiger partial charge in [-0.25, -0.2) is 4.68 Å². The Labute approximate surface area is 144 Å². The van der Waals surface area contributed by atoms with Gasteiger partial charge in [0.2, 0.25) is 0 Å². The van der Waals surface area contributed by atoms with Crippen LogP contribution in [0.3, 0.4) is 0 Å². The second-order valence-corrected chi connectivity index (χ2v) is 6.15. The number of aromatic nitrogens is 2. The Bertz CT molecular complexity index is 672. The quantitative estimate of drug-likeness (QED) is 0.659. The Morgan fingerprint density at radius 2 is 1.79 bits per heavy atom. The Balaban J connectivity index is 2.01. The predicted octanol–water partition coefficient (Wildman–Crippen LogP) is 4.71. The van der Waals surface area contributed by atoms with Crippen molar-refractivity contribution in [1.82, 2.24) is 9.78 Å². The molecule has 0 saturated carbocycles. The number of unbranched alkanes of at least 4 members (excludes halogenated alkanes) is 3. The molecule has 4 nitrogen and oxygen atoms in total. The number of rotatable bonds is 8. The van der Waals surface area contributed by atoms with Gasteiger partial charge in [0.1, 0.15) is 5.75 Å². The summed E-state index contributed by atoms with van der Waals surface area (Å²) in [6.45, 7) is 8.90. The highest BCUT2D eigenvalue weighted by Gasteiger charge is 2.16. The van der Waals surface area contributed by atoms with Crippen LogP contribution in [0.15, 0.2) is 24.3 Å². The summed E-state index contributed by atoms with van der Waals surface area (Å²) in [4.78, 5) is 12.7. The number of carbonyl (C=O) groups excluding carboxylic acids is 1. The third-order valence-corrected chi connectivity index (χ3v) is 4.35. The minimum absolute atomic E-state index is 0.0928. The van der Waals surface area contributed by atoms with Crippen LogP contribution < -0.4 is 4.74 Å². The highest BCUT2D eigenvalue weighted by molar-refractivity contribution is 5.96. The van der Waals surface area contributed by atoms with Gasteiger partial charge in [-0.3, -0.25) is 4.79 Å². The van der Waals surface area contributed by atoms with E-state index in [2.05, 4.69) is 18.9 Å². The SMILES string of the molecule is CCCCCCOc1ccc(C(=O)n2nc(C)c(CC)c2C)cc1. The fraction of sp³-hybridized carbons (Fsp3) is 0.500. The van der Waals surface area contributed by atoms with Crippen molar-refractivity contribution in [2.75, 3.05) is 6.61 Å². The monoisotopic (exact) mass is 328 g/mol. The second kappa shape index (κ2) is 8.67. The zero-order valence-corrected chi connectivity index (χ0v) is 15.3. The maximum atomic E-state index is 12.7. The van der Waals surface area contributed by atoms with E-state index in [0.29, 0.717) is 5.56 Å². The van der Waals surface area contributed by atoms with Crippen LogP contribution in [0.25, 0.3) is 0 Å². The number of aryl methyl sites for hydroxylation is 1. The van der Waals surface area contributed by atoms with Gasteiger partial charge >= 0.3 is 0 Å². The maximum absolute atomic E-state index is 12.7. The van der Waals surface area contributed by atoms with E-state index < -0.39 is 0 Å². The number of nitrogens with zero attached hydrogens (tertiary/aromatic N) is 2. The minimum atomic E-state index is -0.0928. The number of ether oxygens (including phenoxy) is 1. The molecule has 2 rings (SSSR count). The van der Waals surface area contributed by atoms with Crippen molar-refractivity contribution in [3.63, 3.8) is 0 Å². The van der Waals surface area contributed by atoms with E-state index in [1.165, 1.54) is 23.9 Å². The van der Waals surface area contributed by atoms with Gasteiger partial charge in [0.05, 0.1) is 12.3 Å². The molecule has 1 heterocycles. The minimum Gasteiger partial charge on any atom is -0.494 e. The van der Waals surface area contributed by atoms with Gasteiger partial charge in [-0.2, -0.15) is 5.10 Å². The van der Waals surface area contributed by atoms with E-state index in [1.54, 1.807) is 0 Å². The lowest BCUT2D eigenvalue weighted by atomic mass is 10.1. The fourth-order valence-corrected chi connectivity index (χ4v) is 2.92. The summed E-state index contributed by atoms with van der Waals surface area (Å²) in [5.74, 6) is 0.718. The van der Waals surface area contributed by atoms with Gasteiger partial charge in [0, 0.05) is 11.3 Å². The van der Waals surface area contributed by atoms with E-state index in [0.717, 1.165) is 42.1 Å². The summed E-state index contributed by atoms with van der Waals surface area (Å²) >= 11 is 0. The molecule has 0 aliphatic carbocycles. The van der Waals surface area contributed by atoms with Crippen molar-refractivity contribution >= 4 is 5.91 Å². The smallest absolute Gasteiger partial charge is 0.278 e. The number of hydrogen-bond acceptors (Lipinski definition) is 3. The van der Waals surface area contributed by atoms with Crippen LogP contribution in [0.1, 0.15) is 66.8 Å². The molecule has 1 aromatic heterocycles. The van der Waals surface area contributed by atoms with Crippen molar-refractivity contribution in [3.8, 4) is 5.75 Å². The second-order valence-electron chi connectivity index (χ2n) is 6.15. The topological polar surface area (TPSA) is 44.1 Å². The Hall–Kier alpha value is -2.10. The summed E-state index contributed by atoms with van der Waals surface area (Å²) in [6, 6.07) is 7.34. The molecule has 4 heteroatoms. The maximum Gasteiger partial charge on any atom is 0.278 e. The van der Waals surface area contributed by atoms with E-state index in [-0.39, 0.29) is 5.91 Å². The lowest BCUT2D eigenvalue weighted by molar-refractivity contribution is 0.0942. The lowest BCUT2D eigenvalue weighted by Gasteiger charge is -2.07. The van der Waals surface area contributed by atoms with E-state index in [1.807, 2.05) is 38.1 Å². The first kappa shape index (κ1) is 18.2. The average molecular weight is 328 g/mol. The Morgan fingerprint density at radius 3 is 2.38 bits per heavy atom. The molecule has 2 aromatic rings. The van der Waals surface area contributed by atoms with Crippen molar-refractivity contribution in [2.45, 2.75) is 59.8 Å². The molecule has 0 atom stereocenters. The van der Waals surface area contributed by atoms with Gasteiger partial charge in [-0.05, 0) is 56.5 Å². The van der Waals surface area contributed by atoms with Crippen LogP contribution in [0, 0.1) is 13.8 Å². The molecule has 0 saturated heterocycles. The summed E-state index contributed by atoms with van der Waals surface area (Å²) in [5, 5.41) is 4.39. The van der Waals surface area contributed by atoms with Crippen LogP contribution in [0.4, 0.5) is 0 Å². The van der Waals surface area contributed by atoms with Crippen molar-refractivity contribution in [3.05, 3.63) is 46.8 Å². The van der Waals surface area contributed by atoms with Gasteiger partial charge in [0.25, 0.3) is 5.91 Å². The van der Waals surface area contributed by atoms with Crippen LogP contribution >= 0.6 is 0 Å². The molecule has 0 bridgehead atoms. The highest BCUT2D eigenvalue weighted by Crippen LogP contribution is 2.17. The van der Waals surface area contributed by atoms with Crippen molar-refractivity contribution < 1.29 is 9.53 Å². The van der Waals surface area contributed by atoms with Crippen molar-refractivity contribution in [2.24, 2.45) is 0 Å². The van der Waals surface area contributed by atoms with Crippen molar-refractivity contribution in [1.29, 1.82) is 0 Å². The first-order valence-electron chi connectivity index (χ1n) is 8.91. The predicted molar refractivity (Wildman–Crippen MR) is 96.9 cm³/mol. The first-order chi connectivity index (χ1) is 11.6. The molecule has 1 aromatic carbocycles. The molecule has 0 fully saturated rings. The molecule has 0 unspecified atom stereocenters. The Kier molecular flexibility index (Phi) is 6.59. The first-order valence-corrected chi connectivity index (χ1v) is 8.91. The van der Waals surface area contributed by atoms with E-state index >= 15 is 0 Å².